The van der Waals surface area contributed by atoms with Crippen LogP contribution in [0.15, 0.2) is 54.9 Å². The van der Waals surface area contributed by atoms with E-state index in [2.05, 4.69) is 22.6 Å². The monoisotopic (exact) mass is 445 g/mol. The van der Waals surface area contributed by atoms with E-state index in [1.54, 1.807) is 18.0 Å². The van der Waals surface area contributed by atoms with Crippen molar-refractivity contribution < 1.29 is 14.3 Å². The first-order valence-electron chi connectivity index (χ1n) is 11.4. The number of hydrogen-bond donors (Lipinski definition) is 1. The van der Waals surface area contributed by atoms with Gasteiger partial charge in [-0.3, -0.25) is 9.48 Å². The van der Waals surface area contributed by atoms with Crippen LogP contribution >= 0.6 is 0 Å². The number of rotatable bonds is 6. The van der Waals surface area contributed by atoms with Crippen molar-refractivity contribution in [3.8, 4) is 5.75 Å². The van der Waals surface area contributed by atoms with Crippen LogP contribution in [-0.4, -0.2) is 36.0 Å². The minimum absolute atomic E-state index is 0.125. The molecule has 0 saturated carbocycles. The summed E-state index contributed by atoms with van der Waals surface area (Å²) in [6.07, 6.45) is 10.2. The lowest BCUT2D eigenvalue weighted by Gasteiger charge is -2.19. The van der Waals surface area contributed by atoms with Gasteiger partial charge in [-0.15, -0.1) is 0 Å². The second-order valence-electron chi connectivity index (χ2n) is 8.38. The first kappa shape index (κ1) is 22.8. The van der Waals surface area contributed by atoms with E-state index in [1.165, 1.54) is 5.22 Å². The minimum atomic E-state index is -0.320. The van der Waals surface area contributed by atoms with Crippen LogP contribution in [0.4, 0.5) is 0 Å². The normalized spacial score (nSPS) is 16.6. The number of carbonyl (C=O) groups is 1. The van der Waals surface area contributed by atoms with E-state index in [1.807, 2.05) is 62.6 Å². The zero-order valence-electron chi connectivity index (χ0n) is 19.5. The maximum absolute atomic E-state index is 13.3. The highest BCUT2D eigenvalue weighted by molar-refractivity contribution is 5.94. The molecule has 1 saturated heterocycles. The highest BCUT2D eigenvalue weighted by Gasteiger charge is 2.20. The fraction of sp³-hybridized carbons (Fsp3) is 0.333. The summed E-state index contributed by atoms with van der Waals surface area (Å²) in [4.78, 5) is 13.3. The van der Waals surface area contributed by atoms with Gasteiger partial charge in [-0.25, -0.2) is 0 Å². The molecular weight excluding hydrogens is 414 g/mol. The second-order valence-corrected chi connectivity index (χ2v) is 8.38. The number of ether oxygens (including phenoxy) is 2. The fourth-order valence-electron chi connectivity index (χ4n) is 4.21. The molecule has 6 nitrogen and oxygen atoms in total. The van der Waals surface area contributed by atoms with Gasteiger partial charge in [0.2, 0.25) is 0 Å². The van der Waals surface area contributed by atoms with Crippen molar-refractivity contribution in [3.63, 3.8) is 0 Å². The van der Waals surface area contributed by atoms with E-state index in [9.17, 15) is 4.79 Å². The molecule has 2 aromatic carbocycles. The van der Waals surface area contributed by atoms with E-state index < -0.39 is 0 Å². The van der Waals surface area contributed by atoms with E-state index in [-0.39, 0.29) is 11.9 Å². The fourth-order valence-corrected chi connectivity index (χ4v) is 4.21. The van der Waals surface area contributed by atoms with Crippen molar-refractivity contribution in [1.82, 2.24) is 15.1 Å². The van der Waals surface area contributed by atoms with Gasteiger partial charge in [0.1, 0.15) is 5.75 Å². The topological polar surface area (TPSA) is 65.4 Å². The number of methoxy groups -OCH3 is 1. The molecule has 1 fully saturated rings. The molecule has 1 aliphatic rings. The van der Waals surface area contributed by atoms with Gasteiger partial charge < -0.3 is 14.8 Å². The molecule has 1 atom stereocenters. The van der Waals surface area contributed by atoms with Crippen molar-refractivity contribution >= 4 is 18.1 Å². The van der Waals surface area contributed by atoms with Crippen molar-refractivity contribution in [1.29, 1.82) is 0 Å². The van der Waals surface area contributed by atoms with Gasteiger partial charge in [-0.05, 0) is 65.9 Å². The third-order valence-corrected chi connectivity index (χ3v) is 6.12. The Kier molecular flexibility index (Phi) is 7.25. The molecule has 172 valence electrons. The van der Waals surface area contributed by atoms with Crippen LogP contribution in [0.2, 0.25) is 0 Å². The number of nitrogens with zero attached hydrogens (tertiary/aromatic N) is 2. The number of nitrogens with one attached hydrogen (secondary N) is 1. The lowest BCUT2D eigenvalue weighted by atomic mass is 9.97. The predicted octanol–water partition coefficient (Wildman–Crippen LogP) is 2.96. The Labute approximate surface area is 194 Å². The van der Waals surface area contributed by atoms with Gasteiger partial charge in [-0.2, -0.15) is 5.10 Å². The van der Waals surface area contributed by atoms with Gasteiger partial charge in [0.05, 0.1) is 19.3 Å². The minimum Gasteiger partial charge on any atom is -0.497 e. The highest BCUT2D eigenvalue weighted by atomic mass is 16.5. The summed E-state index contributed by atoms with van der Waals surface area (Å²) in [6, 6.07) is 13.3. The maximum atomic E-state index is 13.3. The molecule has 2 heterocycles. The van der Waals surface area contributed by atoms with Crippen molar-refractivity contribution in [2.24, 2.45) is 13.0 Å². The van der Waals surface area contributed by atoms with Gasteiger partial charge in [-0.1, -0.05) is 30.4 Å². The van der Waals surface area contributed by atoms with E-state index >= 15 is 0 Å². The molecule has 0 spiro atoms. The van der Waals surface area contributed by atoms with Crippen LogP contribution in [0.5, 0.6) is 5.75 Å². The second kappa shape index (κ2) is 10.5. The van der Waals surface area contributed by atoms with E-state index in [0.29, 0.717) is 11.5 Å². The SMILES string of the molecule is C/C=c1/cc(C(=O)N[C@@H](c2ccc(OC)cc2)c2cnn(C)c2)ccc1=CC1CCOCC1. The Morgan fingerprint density at radius 3 is 2.55 bits per heavy atom. The first-order valence-corrected chi connectivity index (χ1v) is 11.4. The van der Waals surface area contributed by atoms with Crippen LogP contribution < -0.4 is 20.5 Å². The predicted molar refractivity (Wildman–Crippen MR) is 129 cm³/mol. The third kappa shape index (κ3) is 5.52. The van der Waals surface area contributed by atoms with Crippen LogP contribution in [0.1, 0.15) is 47.3 Å². The number of benzene rings is 2. The summed E-state index contributed by atoms with van der Waals surface area (Å²) in [5, 5.41) is 9.72. The Balaban J connectivity index is 1.61. The Bertz CT molecular complexity index is 1210. The lowest BCUT2D eigenvalue weighted by molar-refractivity contribution is 0.0819. The van der Waals surface area contributed by atoms with Crippen molar-refractivity contribution in [2.75, 3.05) is 20.3 Å². The zero-order chi connectivity index (χ0) is 23.2. The van der Waals surface area contributed by atoms with Gasteiger partial charge >= 0.3 is 0 Å². The molecule has 0 bridgehead atoms. The molecule has 4 rings (SSSR count). The third-order valence-electron chi connectivity index (χ3n) is 6.12. The standard InChI is InChI=1S/C27H31N3O3/c1-4-20-16-23(6-5-22(20)15-19-11-13-33-14-12-19)27(31)29-26(24-17-28-30(2)18-24)21-7-9-25(32-3)10-8-21/h4-10,15-19,26H,11-14H2,1-3H3,(H,29,31)/b20-4-,22-15?/t26-/m0/s1. The number of hydrogen-bond acceptors (Lipinski definition) is 4. The number of amides is 1. The summed E-state index contributed by atoms with van der Waals surface area (Å²) in [5.41, 5.74) is 2.52. The summed E-state index contributed by atoms with van der Waals surface area (Å²) in [5.74, 6) is 1.16. The number of aryl methyl sites for hydroxylation is 1. The van der Waals surface area contributed by atoms with Crippen LogP contribution in [0.25, 0.3) is 12.2 Å². The molecule has 3 aromatic rings. The number of carbonyl (C=O) groups excluding carboxylic acids is 1. The average Bonchev–Trinajstić information content (AvgIpc) is 3.29. The Hall–Kier alpha value is -3.38. The molecular formula is C27H31N3O3. The summed E-state index contributed by atoms with van der Waals surface area (Å²) >= 11 is 0. The highest BCUT2D eigenvalue weighted by Crippen LogP contribution is 2.24. The summed E-state index contributed by atoms with van der Waals surface area (Å²) in [6.45, 7) is 3.63. The van der Waals surface area contributed by atoms with Crippen LogP contribution in [-0.2, 0) is 11.8 Å². The molecule has 0 unspecified atom stereocenters. The summed E-state index contributed by atoms with van der Waals surface area (Å²) < 4.78 is 12.5. The maximum Gasteiger partial charge on any atom is 0.252 e. The molecule has 0 radical (unpaired) electrons. The van der Waals surface area contributed by atoms with Gasteiger partial charge in [0, 0.05) is 37.6 Å². The quantitative estimate of drug-likeness (QED) is 0.634. The average molecular weight is 446 g/mol. The molecule has 1 N–H and O–H groups in total. The lowest BCUT2D eigenvalue weighted by Crippen LogP contribution is -2.32. The van der Waals surface area contributed by atoms with Crippen molar-refractivity contribution in [3.05, 3.63) is 82.0 Å². The van der Waals surface area contributed by atoms with Crippen molar-refractivity contribution in [2.45, 2.75) is 25.8 Å². The van der Waals surface area contributed by atoms with E-state index in [4.69, 9.17) is 9.47 Å². The van der Waals surface area contributed by atoms with Crippen LogP contribution in [0, 0.1) is 5.92 Å². The molecule has 6 heteroatoms. The molecule has 0 aliphatic carbocycles. The van der Waals surface area contributed by atoms with E-state index in [0.717, 1.165) is 48.2 Å². The smallest absolute Gasteiger partial charge is 0.252 e. The van der Waals surface area contributed by atoms with Crippen LogP contribution in [0.3, 0.4) is 0 Å². The molecule has 1 amide bonds. The summed E-state index contributed by atoms with van der Waals surface area (Å²) in [7, 11) is 3.51. The van der Waals surface area contributed by atoms with Gasteiger partial charge in [0.15, 0.2) is 0 Å². The van der Waals surface area contributed by atoms with Gasteiger partial charge in [0.25, 0.3) is 5.91 Å². The Morgan fingerprint density at radius 1 is 1.15 bits per heavy atom. The zero-order valence-corrected chi connectivity index (χ0v) is 19.5. The molecule has 1 aliphatic heterocycles. The Morgan fingerprint density at radius 2 is 1.91 bits per heavy atom. The molecule has 1 aromatic heterocycles. The first-order chi connectivity index (χ1) is 16.1. The number of aromatic nitrogens is 2. The molecule has 33 heavy (non-hydrogen) atoms. The largest absolute Gasteiger partial charge is 0.497 e.